The van der Waals surface area contributed by atoms with Crippen LogP contribution in [-0.4, -0.2) is 58.8 Å². The molecule has 26 heavy (non-hydrogen) atoms. The van der Waals surface area contributed by atoms with Crippen molar-refractivity contribution >= 4 is 17.8 Å². The molecule has 0 aliphatic carbocycles. The third-order valence-corrected chi connectivity index (χ3v) is 4.60. The Morgan fingerprint density at radius 2 is 2.15 bits per heavy atom. The van der Waals surface area contributed by atoms with Crippen LogP contribution in [0.5, 0.6) is 0 Å². The van der Waals surface area contributed by atoms with E-state index in [0.29, 0.717) is 31.3 Å². The number of hydrogen-bond donors (Lipinski definition) is 1. The molecule has 1 N–H and O–H groups in total. The van der Waals surface area contributed by atoms with E-state index < -0.39 is 0 Å². The van der Waals surface area contributed by atoms with Crippen LogP contribution in [0.25, 0.3) is 0 Å². The van der Waals surface area contributed by atoms with Crippen LogP contribution in [0.3, 0.4) is 0 Å². The number of carbonyl (C=O) groups excluding carboxylic acids is 1. The lowest BCUT2D eigenvalue weighted by atomic mass is 10.2. The van der Waals surface area contributed by atoms with Crippen molar-refractivity contribution < 1.29 is 14.1 Å². The van der Waals surface area contributed by atoms with Gasteiger partial charge in [-0.2, -0.15) is 0 Å². The minimum atomic E-state index is -0.266. The van der Waals surface area contributed by atoms with Gasteiger partial charge >= 0.3 is 6.03 Å². The second kappa shape index (κ2) is 7.28. The SMILES string of the molecule is Cc1cc(NC(=O)N2CCO[C@@H](c3ccnc(N4CCCC4)n3)C2)no1. The lowest BCUT2D eigenvalue weighted by molar-refractivity contribution is -0.0157. The highest BCUT2D eigenvalue weighted by atomic mass is 16.5. The smallest absolute Gasteiger partial charge is 0.323 e. The number of ether oxygens (including phenoxy) is 1. The molecule has 0 radical (unpaired) electrons. The highest BCUT2D eigenvalue weighted by Gasteiger charge is 2.27. The summed E-state index contributed by atoms with van der Waals surface area (Å²) in [5.74, 6) is 1.80. The van der Waals surface area contributed by atoms with E-state index in [0.717, 1.165) is 24.7 Å². The van der Waals surface area contributed by atoms with Crippen molar-refractivity contribution in [1.82, 2.24) is 20.0 Å². The van der Waals surface area contributed by atoms with Crippen LogP contribution in [0.2, 0.25) is 0 Å². The van der Waals surface area contributed by atoms with Crippen LogP contribution in [0.4, 0.5) is 16.6 Å². The molecule has 2 amide bonds. The molecule has 2 aliphatic heterocycles. The number of nitrogens with zero attached hydrogens (tertiary/aromatic N) is 5. The van der Waals surface area contributed by atoms with Crippen molar-refractivity contribution in [1.29, 1.82) is 0 Å². The summed E-state index contributed by atoms with van der Waals surface area (Å²) in [5, 5.41) is 6.54. The maximum Gasteiger partial charge on any atom is 0.323 e. The van der Waals surface area contributed by atoms with Crippen LogP contribution < -0.4 is 10.2 Å². The number of aromatic nitrogens is 3. The summed E-state index contributed by atoms with van der Waals surface area (Å²) in [6.45, 7) is 5.16. The summed E-state index contributed by atoms with van der Waals surface area (Å²) < 4.78 is 10.8. The third kappa shape index (κ3) is 3.62. The van der Waals surface area contributed by atoms with Gasteiger partial charge in [-0.1, -0.05) is 5.16 Å². The average Bonchev–Trinajstić information content (AvgIpc) is 3.34. The number of nitrogens with one attached hydrogen (secondary N) is 1. The van der Waals surface area contributed by atoms with Gasteiger partial charge in [0.1, 0.15) is 11.9 Å². The lowest BCUT2D eigenvalue weighted by Crippen LogP contribution is -2.44. The predicted molar refractivity (Wildman–Crippen MR) is 94.0 cm³/mol. The second-order valence-electron chi connectivity index (χ2n) is 6.53. The molecule has 0 aromatic carbocycles. The molecule has 2 fully saturated rings. The van der Waals surface area contributed by atoms with Crippen molar-refractivity contribution in [2.75, 3.05) is 43.0 Å². The van der Waals surface area contributed by atoms with Crippen LogP contribution in [0.1, 0.15) is 30.4 Å². The highest BCUT2D eigenvalue weighted by Crippen LogP contribution is 2.23. The number of aryl methyl sites for hydroxylation is 1. The molecule has 1 atom stereocenters. The molecule has 0 unspecified atom stereocenters. The van der Waals surface area contributed by atoms with E-state index in [-0.39, 0.29) is 12.1 Å². The minimum absolute atomic E-state index is 0.222. The number of rotatable bonds is 3. The number of carbonyl (C=O) groups is 1. The Labute approximate surface area is 151 Å². The fourth-order valence-electron chi connectivity index (χ4n) is 3.24. The molecule has 2 saturated heterocycles. The Kier molecular flexibility index (Phi) is 4.70. The molecule has 2 aliphatic rings. The number of hydrogen-bond acceptors (Lipinski definition) is 7. The predicted octanol–water partition coefficient (Wildman–Crippen LogP) is 1.98. The van der Waals surface area contributed by atoms with Gasteiger partial charge in [0.05, 0.1) is 18.8 Å². The van der Waals surface area contributed by atoms with Crippen molar-refractivity contribution in [2.24, 2.45) is 0 Å². The van der Waals surface area contributed by atoms with Gasteiger partial charge in [0.25, 0.3) is 0 Å². The Bertz CT molecular complexity index is 773. The number of amides is 2. The summed E-state index contributed by atoms with van der Waals surface area (Å²) in [7, 11) is 0. The van der Waals surface area contributed by atoms with Crippen LogP contribution in [0.15, 0.2) is 22.9 Å². The Balaban J connectivity index is 1.43. The Hall–Kier alpha value is -2.68. The van der Waals surface area contributed by atoms with E-state index >= 15 is 0 Å². The molecule has 9 nitrogen and oxygen atoms in total. The van der Waals surface area contributed by atoms with E-state index in [1.807, 2.05) is 6.07 Å². The van der Waals surface area contributed by atoms with Crippen molar-refractivity contribution in [3.05, 3.63) is 29.8 Å². The zero-order valence-electron chi connectivity index (χ0n) is 14.7. The lowest BCUT2D eigenvalue weighted by Gasteiger charge is -2.32. The number of morpholine rings is 1. The van der Waals surface area contributed by atoms with E-state index in [4.69, 9.17) is 9.26 Å². The van der Waals surface area contributed by atoms with Gasteiger partial charge in [-0.05, 0) is 25.8 Å². The monoisotopic (exact) mass is 358 g/mol. The van der Waals surface area contributed by atoms with Gasteiger partial charge in [-0.25, -0.2) is 14.8 Å². The standard InChI is InChI=1S/C17H22N6O3/c1-12-10-15(21-26-12)20-17(24)23-8-9-25-14(11-23)13-4-5-18-16(19-13)22-6-2-3-7-22/h4-5,10,14H,2-3,6-9,11H2,1H3,(H,20,21,24)/t14-/m1/s1. The van der Waals surface area contributed by atoms with Gasteiger partial charge in [0, 0.05) is 31.9 Å². The summed E-state index contributed by atoms with van der Waals surface area (Å²) in [6, 6.07) is 3.32. The fraction of sp³-hybridized carbons (Fsp3) is 0.529. The molecule has 0 spiro atoms. The third-order valence-electron chi connectivity index (χ3n) is 4.60. The molecule has 138 valence electrons. The summed E-state index contributed by atoms with van der Waals surface area (Å²) in [6.07, 6.45) is 3.83. The van der Waals surface area contributed by atoms with Gasteiger partial charge in [0.15, 0.2) is 5.82 Å². The molecule has 0 saturated carbocycles. The van der Waals surface area contributed by atoms with Gasteiger partial charge in [-0.15, -0.1) is 0 Å². The Morgan fingerprint density at radius 1 is 1.31 bits per heavy atom. The molecule has 0 bridgehead atoms. The van der Waals surface area contributed by atoms with E-state index in [9.17, 15) is 4.79 Å². The van der Waals surface area contributed by atoms with E-state index in [1.54, 1.807) is 24.1 Å². The molecular weight excluding hydrogens is 336 g/mol. The van der Waals surface area contributed by atoms with Crippen molar-refractivity contribution in [2.45, 2.75) is 25.9 Å². The first-order valence-electron chi connectivity index (χ1n) is 8.88. The van der Waals surface area contributed by atoms with E-state index in [2.05, 4.69) is 25.3 Å². The first-order chi connectivity index (χ1) is 12.7. The van der Waals surface area contributed by atoms with Crippen LogP contribution >= 0.6 is 0 Å². The molecule has 9 heteroatoms. The topological polar surface area (TPSA) is 96.6 Å². The molecular formula is C17H22N6O3. The summed E-state index contributed by atoms with van der Waals surface area (Å²) in [4.78, 5) is 25.4. The van der Waals surface area contributed by atoms with Gasteiger partial charge < -0.3 is 19.1 Å². The van der Waals surface area contributed by atoms with Crippen LogP contribution in [0, 0.1) is 6.92 Å². The number of anilines is 2. The summed E-state index contributed by atoms with van der Waals surface area (Å²) in [5.41, 5.74) is 0.802. The maximum absolute atomic E-state index is 12.5. The minimum Gasteiger partial charge on any atom is -0.368 e. The normalized spacial score (nSPS) is 20.4. The highest BCUT2D eigenvalue weighted by molar-refractivity contribution is 5.88. The van der Waals surface area contributed by atoms with Crippen LogP contribution in [-0.2, 0) is 4.74 Å². The molecule has 4 heterocycles. The van der Waals surface area contributed by atoms with Crippen molar-refractivity contribution in [3.8, 4) is 0 Å². The van der Waals surface area contributed by atoms with Gasteiger partial charge in [-0.3, -0.25) is 5.32 Å². The quantitative estimate of drug-likeness (QED) is 0.896. The first kappa shape index (κ1) is 16.8. The molecule has 2 aromatic rings. The largest absolute Gasteiger partial charge is 0.368 e. The molecule has 4 rings (SSSR count). The zero-order valence-corrected chi connectivity index (χ0v) is 14.7. The van der Waals surface area contributed by atoms with Gasteiger partial charge in [0.2, 0.25) is 5.95 Å². The number of urea groups is 1. The Morgan fingerprint density at radius 3 is 2.92 bits per heavy atom. The van der Waals surface area contributed by atoms with Crippen molar-refractivity contribution in [3.63, 3.8) is 0 Å². The second-order valence-corrected chi connectivity index (χ2v) is 6.53. The molecule has 2 aromatic heterocycles. The fourth-order valence-corrected chi connectivity index (χ4v) is 3.24. The zero-order chi connectivity index (χ0) is 17.9. The maximum atomic E-state index is 12.5. The first-order valence-corrected chi connectivity index (χ1v) is 8.88. The summed E-state index contributed by atoms with van der Waals surface area (Å²) >= 11 is 0. The average molecular weight is 358 g/mol. The van der Waals surface area contributed by atoms with E-state index in [1.165, 1.54) is 12.8 Å².